The molecule has 1 aliphatic heterocycles. The molecule has 2 atom stereocenters. The van der Waals surface area contributed by atoms with Crippen molar-refractivity contribution >= 4 is 17.5 Å². The van der Waals surface area contributed by atoms with Crippen molar-refractivity contribution in [3.05, 3.63) is 29.8 Å². The lowest BCUT2D eigenvalue weighted by atomic mass is 10.1. The number of aliphatic hydroxyl groups is 1. The minimum absolute atomic E-state index is 0.229. The normalized spacial score (nSPS) is 22.7. The van der Waals surface area contributed by atoms with E-state index in [4.69, 9.17) is 5.73 Å². The Balaban J connectivity index is 2.03. The molecule has 0 bridgehead atoms. The fourth-order valence-electron chi connectivity index (χ4n) is 1.90. The van der Waals surface area contributed by atoms with Gasteiger partial charge in [0.1, 0.15) is 0 Å². The van der Waals surface area contributed by atoms with E-state index < -0.39 is 18.1 Å². The number of aliphatic hydroxyl groups excluding tert-OH is 1. The zero-order chi connectivity index (χ0) is 13.1. The van der Waals surface area contributed by atoms with Gasteiger partial charge in [0, 0.05) is 17.8 Å². The van der Waals surface area contributed by atoms with Gasteiger partial charge in [0.2, 0.25) is 11.8 Å². The van der Waals surface area contributed by atoms with Crippen molar-refractivity contribution in [3.8, 4) is 0 Å². The van der Waals surface area contributed by atoms with Crippen LogP contribution in [0.15, 0.2) is 24.3 Å². The Morgan fingerprint density at radius 3 is 2.83 bits per heavy atom. The quantitative estimate of drug-likeness (QED) is 0.576. The molecule has 0 radical (unpaired) electrons. The predicted molar refractivity (Wildman–Crippen MR) is 66.0 cm³/mol. The second-order valence-electron chi connectivity index (χ2n) is 4.28. The SMILES string of the molecule is NC(=O)c1cccc(NC(=O)C2CC(O)CN2)c1. The molecule has 1 aliphatic rings. The second-order valence-corrected chi connectivity index (χ2v) is 4.28. The first-order chi connectivity index (χ1) is 8.56. The van der Waals surface area contributed by atoms with E-state index in [2.05, 4.69) is 10.6 Å². The average Bonchev–Trinajstić information content (AvgIpc) is 2.76. The number of rotatable bonds is 3. The molecule has 1 aromatic carbocycles. The molecule has 1 fully saturated rings. The molecule has 1 heterocycles. The van der Waals surface area contributed by atoms with Crippen LogP contribution in [0.25, 0.3) is 0 Å². The van der Waals surface area contributed by atoms with E-state index in [-0.39, 0.29) is 5.91 Å². The standard InChI is InChI=1S/C12H15N3O3/c13-11(17)7-2-1-3-8(4-7)15-12(18)10-5-9(16)6-14-10/h1-4,9-10,14,16H,5-6H2,(H2,13,17)(H,15,18). The first-order valence-electron chi connectivity index (χ1n) is 5.68. The number of hydrogen-bond donors (Lipinski definition) is 4. The van der Waals surface area contributed by atoms with Crippen LogP contribution in [0.5, 0.6) is 0 Å². The summed E-state index contributed by atoms with van der Waals surface area (Å²) >= 11 is 0. The van der Waals surface area contributed by atoms with E-state index in [0.29, 0.717) is 24.2 Å². The largest absolute Gasteiger partial charge is 0.392 e. The van der Waals surface area contributed by atoms with E-state index >= 15 is 0 Å². The van der Waals surface area contributed by atoms with Gasteiger partial charge in [-0.3, -0.25) is 9.59 Å². The molecule has 2 rings (SSSR count). The number of amides is 2. The van der Waals surface area contributed by atoms with E-state index in [0.717, 1.165) is 0 Å². The molecule has 2 unspecified atom stereocenters. The summed E-state index contributed by atoms with van der Waals surface area (Å²) in [6.45, 7) is 0.416. The maximum Gasteiger partial charge on any atom is 0.248 e. The number of carbonyl (C=O) groups excluding carboxylic acids is 2. The third-order valence-corrected chi connectivity index (χ3v) is 2.84. The maximum atomic E-state index is 11.8. The van der Waals surface area contributed by atoms with Gasteiger partial charge in [0.25, 0.3) is 0 Å². The Morgan fingerprint density at radius 2 is 2.22 bits per heavy atom. The zero-order valence-corrected chi connectivity index (χ0v) is 9.72. The Labute approximate surface area is 104 Å². The molecular weight excluding hydrogens is 234 g/mol. The molecule has 0 aliphatic carbocycles. The third-order valence-electron chi connectivity index (χ3n) is 2.84. The highest BCUT2D eigenvalue weighted by Gasteiger charge is 2.27. The Kier molecular flexibility index (Phi) is 3.59. The van der Waals surface area contributed by atoms with Gasteiger partial charge in [0.05, 0.1) is 12.1 Å². The summed E-state index contributed by atoms with van der Waals surface area (Å²) in [5.41, 5.74) is 6.01. The summed E-state index contributed by atoms with van der Waals surface area (Å²) in [6.07, 6.45) is -0.0980. The predicted octanol–water partition coefficient (Wildman–Crippen LogP) is -0.553. The first-order valence-corrected chi connectivity index (χ1v) is 5.68. The number of anilines is 1. The fraction of sp³-hybridized carbons (Fsp3) is 0.333. The summed E-state index contributed by atoms with van der Waals surface area (Å²) in [6, 6.07) is 6.01. The smallest absolute Gasteiger partial charge is 0.248 e. The molecule has 96 valence electrons. The van der Waals surface area contributed by atoms with Crippen molar-refractivity contribution < 1.29 is 14.7 Å². The Morgan fingerprint density at radius 1 is 1.44 bits per heavy atom. The number of nitrogens with one attached hydrogen (secondary N) is 2. The molecule has 6 heteroatoms. The van der Waals surface area contributed by atoms with E-state index in [1.165, 1.54) is 6.07 Å². The molecular formula is C12H15N3O3. The molecule has 5 N–H and O–H groups in total. The summed E-state index contributed by atoms with van der Waals surface area (Å²) < 4.78 is 0. The van der Waals surface area contributed by atoms with Crippen LogP contribution in [0.4, 0.5) is 5.69 Å². The van der Waals surface area contributed by atoms with E-state index in [1.54, 1.807) is 18.2 Å². The molecule has 0 saturated carbocycles. The van der Waals surface area contributed by atoms with Crippen molar-refractivity contribution in [2.75, 3.05) is 11.9 Å². The number of β-amino-alcohol motifs (C(OH)–C–C–N with tert-alkyl or cyclic N) is 1. The highest BCUT2D eigenvalue weighted by molar-refractivity contribution is 5.98. The Hall–Kier alpha value is -1.92. The van der Waals surface area contributed by atoms with Gasteiger partial charge in [-0.05, 0) is 24.6 Å². The Bertz CT molecular complexity index is 475. The van der Waals surface area contributed by atoms with Crippen molar-refractivity contribution in [2.45, 2.75) is 18.6 Å². The molecule has 18 heavy (non-hydrogen) atoms. The third kappa shape index (κ3) is 2.85. The van der Waals surface area contributed by atoms with Crippen LogP contribution < -0.4 is 16.4 Å². The first kappa shape index (κ1) is 12.5. The van der Waals surface area contributed by atoms with Crippen LogP contribution in [0.3, 0.4) is 0 Å². The highest BCUT2D eigenvalue weighted by Crippen LogP contribution is 2.13. The number of nitrogens with two attached hydrogens (primary N) is 1. The topological polar surface area (TPSA) is 104 Å². The van der Waals surface area contributed by atoms with Crippen LogP contribution in [0.1, 0.15) is 16.8 Å². The van der Waals surface area contributed by atoms with Gasteiger partial charge in [-0.15, -0.1) is 0 Å². The average molecular weight is 249 g/mol. The molecule has 0 spiro atoms. The molecule has 1 saturated heterocycles. The summed E-state index contributed by atoms with van der Waals surface area (Å²) in [5, 5.41) is 14.9. The molecule has 2 amide bonds. The van der Waals surface area contributed by atoms with Crippen LogP contribution in [-0.2, 0) is 4.79 Å². The van der Waals surface area contributed by atoms with Gasteiger partial charge in [-0.1, -0.05) is 6.07 Å². The number of carbonyl (C=O) groups is 2. The fourth-order valence-corrected chi connectivity index (χ4v) is 1.90. The lowest BCUT2D eigenvalue weighted by Crippen LogP contribution is -2.35. The molecule has 6 nitrogen and oxygen atoms in total. The van der Waals surface area contributed by atoms with Gasteiger partial charge in [-0.2, -0.15) is 0 Å². The molecule has 0 aromatic heterocycles. The number of primary amides is 1. The van der Waals surface area contributed by atoms with Crippen molar-refractivity contribution in [3.63, 3.8) is 0 Å². The minimum Gasteiger partial charge on any atom is -0.392 e. The van der Waals surface area contributed by atoms with Crippen LogP contribution >= 0.6 is 0 Å². The number of benzene rings is 1. The van der Waals surface area contributed by atoms with E-state index in [9.17, 15) is 14.7 Å². The van der Waals surface area contributed by atoms with Gasteiger partial charge in [0.15, 0.2) is 0 Å². The van der Waals surface area contributed by atoms with Crippen LogP contribution in [0, 0.1) is 0 Å². The summed E-state index contributed by atoms with van der Waals surface area (Å²) in [5.74, 6) is -0.770. The summed E-state index contributed by atoms with van der Waals surface area (Å²) in [4.78, 5) is 22.8. The second kappa shape index (κ2) is 5.16. The van der Waals surface area contributed by atoms with Gasteiger partial charge in [-0.25, -0.2) is 0 Å². The van der Waals surface area contributed by atoms with E-state index in [1.807, 2.05) is 0 Å². The lowest BCUT2D eigenvalue weighted by Gasteiger charge is -2.11. The van der Waals surface area contributed by atoms with Gasteiger partial charge >= 0.3 is 0 Å². The highest BCUT2D eigenvalue weighted by atomic mass is 16.3. The van der Waals surface area contributed by atoms with Crippen molar-refractivity contribution in [1.82, 2.24) is 5.32 Å². The molecule has 1 aromatic rings. The van der Waals surface area contributed by atoms with Crippen molar-refractivity contribution in [2.24, 2.45) is 5.73 Å². The zero-order valence-electron chi connectivity index (χ0n) is 9.72. The number of hydrogen-bond acceptors (Lipinski definition) is 4. The summed E-state index contributed by atoms with van der Waals surface area (Å²) in [7, 11) is 0. The van der Waals surface area contributed by atoms with Crippen LogP contribution in [-0.4, -0.2) is 35.6 Å². The lowest BCUT2D eigenvalue weighted by molar-refractivity contribution is -0.117. The minimum atomic E-state index is -0.541. The van der Waals surface area contributed by atoms with Crippen molar-refractivity contribution in [1.29, 1.82) is 0 Å². The van der Waals surface area contributed by atoms with Gasteiger partial charge < -0.3 is 21.5 Å². The monoisotopic (exact) mass is 249 g/mol. The maximum absolute atomic E-state index is 11.8. The van der Waals surface area contributed by atoms with Crippen LogP contribution in [0.2, 0.25) is 0 Å².